The number of nitrogens with zero attached hydrogens (tertiary/aromatic N) is 2. The second-order valence-corrected chi connectivity index (χ2v) is 6.36. The van der Waals surface area contributed by atoms with Crippen LogP contribution in [-0.2, 0) is 0 Å². The van der Waals surface area contributed by atoms with Crippen LogP contribution in [0.5, 0.6) is 0 Å². The van der Waals surface area contributed by atoms with Crippen LogP contribution in [-0.4, -0.2) is 16.0 Å². The van der Waals surface area contributed by atoms with Gasteiger partial charge in [-0.25, -0.2) is 0 Å². The highest BCUT2D eigenvalue weighted by atomic mass is 79.9. The molecule has 0 saturated carbocycles. The van der Waals surface area contributed by atoms with Crippen LogP contribution in [0.15, 0.2) is 57.5 Å². The van der Waals surface area contributed by atoms with Gasteiger partial charge in [-0.3, -0.25) is 4.79 Å². The number of aryl methyl sites for hydroxylation is 1. The van der Waals surface area contributed by atoms with E-state index in [1.54, 1.807) is 6.07 Å². The summed E-state index contributed by atoms with van der Waals surface area (Å²) >= 11 is 3.37. The molecule has 1 N–H and O–H groups in total. The van der Waals surface area contributed by atoms with Gasteiger partial charge in [-0.2, -0.15) is 4.98 Å². The molecule has 1 amide bonds. The number of amides is 1. The van der Waals surface area contributed by atoms with Gasteiger partial charge in [-0.1, -0.05) is 41.1 Å². The molecular weight excluding hydrogens is 370 g/mol. The molecule has 24 heavy (non-hydrogen) atoms. The maximum atomic E-state index is 12.3. The predicted molar refractivity (Wildman–Crippen MR) is 94.5 cm³/mol. The molecule has 0 radical (unpaired) electrons. The Morgan fingerprint density at radius 2 is 2.00 bits per heavy atom. The van der Waals surface area contributed by atoms with E-state index in [1.165, 1.54) is 0 Å². The average Bonchev–Trinajstić information content (AvgIpc) is 3.05. The van der Waals surface area contributed by atoms with Crippen LogP contribution in [0.3, 0.4) is 0 Å². The number of benzene rings is 2. The molecule has 3 rings (SSSR count). The smallest absolute Gasteiger partial charge is 0.253 e. The van der Waals surface area contributed by atoms with Crippen LogP contribution in [0.2, 0.25) is 0 Å². The van der Waals surface area contributed by atoms with E-state index in [4.69, 9.17) is 4.52 Å². The number of hydrogen-bond donors (Lipinski definition) is 1. The minimum absolute atomic E-state index is 0.203. The highest BCUT2D eigenvalue weighted by Crippen LogP contribution is 2.21. The molecular formula is C18H16BrN3O2. The molecule has 0 saturated heterocycles. The van der Waals surface area contributed by atoms with Crippen LogP contribution in [0.4, 0.5) is 0 Å². The quantitative estimate of drug-likeness (QED) is 0.726. The third-order valence-corrected chi connectivity index (χ3v) is 4.25. The predicted octanol–water partition coefficient (Wildman–Crippen LogP) is 4.30. The van der Waals surface area contributed by atoms with Crippen molar-refractivity contribution in [3.8, 4) is 11.4 Å². The summed E-state index contributed by atoms with van der Waals surface area (Å²) in [6, 6.07) is 14.7. The maximum Gasteiger partial charge on any atom is 0.253 e. The molecule has 0 aliphatic carbocycles. The van der Waals surface area contributed by atoms with Crippen molar-refractivity contribution >= 4 is 21.8 Å². The van der Waals surface area contributed by atoms with Gasteiger partial charge in [0.25, 0.3) is 5.91 Å². The van der Waals surface area contributed by atoms with E-state index in [0.29, 0.717) is 17.3 Å². The van der Waals surface area contributed by atoms with Crippen molar-refractivity contribution in [3.05, 3.63) is 70.0 Å². The van der Waals surface area contributed by atoms with Crippen molar-refractivity contribution in [2.75, 3.05) is 0 Å². The Kier molecular flexibility index (Phi) is 4.76. The third-order valence-electron chi connectivity index (χ3n) is 3.55. The van der Waals surface area contributed by atoms with Gasteiger partial charge in [-0.15, -0.1) is 0 Å². The lowest BCUT2D eigenvalue weighted by atomic mass is 10.1. The summed E-state index contributed by atoms with van der Waals surface area (Å²) in [5.41, 5.74) is 2.56. The van der Waals surface area contributed by atoms with Crippen molar-refractivity contribution in [1.29, 1.82) is 0 Å². The van der Waals surface area contributed by atoms with E-state index >= 15 is 0 Å². The molecule has 0 fully saturated rings. The molecule has 0 aliphatic heterocycles. The highest BCUT2D eigenvalue weighted by Gasteiger charge is 2.19. The minimum atomic E-state index is -0.393. The van der Waals surface area contributed by atoms with Gasteiger partial charge >= 0.3 is 0 Å². The Balaban J connectivity index is 1.75. The SMILES string of the molecule is Cc1cccc(-c2noc([C@@H](C)NC(=O)c3ccccc3Br)n2)c1. The van der Waals surface area contributed by atoms with Crippen LogP contribution in [0.25, 0.3) is 11.4 Å². The van der Waals surface area contributed by atoms with E-state index in [1.807, 2.05) is 56.3 Å². The van der Waals surface area contributed by atoms with E-state index in [-0.39, 0.29) is 5.91 Å². The number of carbonyl (C=O) groups is 1. The van der Waals surface area contributed by atoms with Crippen molar-refractivity contribution in [3.63, 3.8) is 0 Å². The Bertz CT molecular complexity index is 876. The first-order valence-corrected chi connectivity index (χ1v) is 8.30. The molecule has 5 nitrogen and oxygen atoms in total. The molecule has 0 aliphatic rings. The molecule has 6 heteroatoms. The molecule has 0 spiro atoms. The first kappa shape index (κ1) is 16.4. The zero-order chi connectivity index (χ0) is 17.1. The summed E-state index contributed by atoms with van der Waals surface area (Å²) < 4.78 is 6.04. The number of rotatable bonds is 4. The minimum Gasteiger partial charge on any atom is -0.340 e. The molecule has 2 aromatic carbocycles. The molecule has 1 aromatic heterocycles. The lowest BCUT2D eigenvalue weighted by Crippen LogP contribution is -2.27. The fourth-order valence-electron chi connectivity index (χ4n) is 2.29. The zero-order valence-electron chi connectivity index (χ0n) is 13.3. The topological polar surface area (TPSA) is 68.0 Å². The van der Waals surface area contributed by atoms with E-state index < -0.39 is 6.04 Å². The first-order chi connectivity index (χ1) is 11.5. The number of hydrogen-bond acceptors (Lipinski definition) is 4. The number of carbonyl (C=O) groups excluding carboxylic acids is 1. The number of nitrogens with one attached hydrogen (secondary N) is 1. The largest absolute Gasteiger partial charge is 0.340 e. The average molecular weight is 386 g/mol. The van der Waals surface area contributed by atoms with Crippen LogP contribution in [0, 0.1) is 6.92 Å². The lowest BCUT2D eigenvalue weighted by molar-refractivity contribution is 0.0931. The third kappa shape index (κ3) is 3.54. The normalized spacial score (nSPS) is 12.0. The summed E-state index contributed by atoms with van der Waals surface area (Å²) in [6.07, 6.45) is 0. The fraction of sp³-hybridized carbons (Fsp3) is 0.167. The molecule has 1 atom stereocenters. The van der Waals surface area contributed by atoms with Crippen LogP contribution < -0.4 is 5.32 Å². The standard InChI is InChI=1S/C18H16BrN3O2/c1-11-6-5-7-13(10-11)16-21-18(24-22-16)12(2)20-17(23)14-8-3-4-9-15(14)19/h3-10,12H,1-2H3,(H,20,23)/t12-/m1/s1. The van der Waals surface area contributed by atoms with Crippen LogP contribution in [0.1, 0.15) is 34.8 Å². The highest BCUT2D eigenvalue weighted by molar-refractivity contribution is 9.10. The molecule has 3 aromatic rings. The van der Waals surface area contributed by atoms with Gasteiger partial charge in [0.15, 0.2) is 0 Å². The molecule has 1 heterocycles. The Hall–Kier alpha value is -2.47. The maximum absolute atomic E-state index is 12.3. The number of halogens is 1. The van der Waals surface area contributed by atoms with E-state index in [9.17, 15) is 4.79 Å². The van der Waals surface area contributed by atoms with Gasteiger partial charge in [0.2, 0.25) is 11.7 Å². The zero-order valence-corrected chi connectivity index (χ0v) is 14.9. The van der Waals surface area contributed by atoms with Gasteiger partial charge < -0.3 is 9.84 Å². The van der Waals surface area contributed by atoms with Crippen molar-refractivity contribution in [2.45, 2.75) is 19.9 Å². The first-order valence-electron chi connectivity index (χ1n) is 7.50. The Morgan fingerprint density at radius 3 is 2.75 bits per heavy atom. The number of aromatic nitrogens is 2. The summed E-state index contributed by atoms with van der Waals surface area (Å²) in [5.74, 6) is 0.674. The van der Waals surface area contributed by atoms with Gasteiger partial charge in [0.05, 0.1) is 5.56 Å². The van der Waals surface area contributed by atoms with Crippen molar-refractivity contribution < 1.29 is 9.32 Å². The van der Waals surface area contributed by atoms with Gasteiger partial charge in [-0.05, 0) is 48.0 Å². The molecule has 0 unspecified atom stereocenters. The van der Waals surface area contributed by atoms with Crippen LogP contribution >= 0.6 is 15.9 Å². The second-order valence-electron chi connectivity index (χ2n) is 5.50. The summed E-state index contributed by atoms with van der Waals surface area (Å²) in [7, 11) is 0. The molecule has 122 valence electrons. The fourth-order valence-corrected chi connectivity index (χ4v) is 2.76. The van der Waals surface area contributed by atoms with Crippen molar-refractivity contribution in [2.24, 2.45) is 0 Å². The monoisotopic (exact) mass is 385 g/mol. The lowest BCUT2D eigenvalue weighted by Gasteiger charge is -2.10. The second kappa shape index (κ2) is 6.97. The van der Waals surface area contributed by atoms with E-state index in [2.05, 4.69) is 31.4 Å². The van der Waals surface area contributed by atoms with Gasteiger partial charge in [0.1, 0.15) is 6.04 Å². The van der Waals surface area contributed by atoms with E-state index in [0.717, 1.165) is 15.6 Å². The summed E-state index contributed by atoms with van der Waals surface area (Å²) in [6.45, 7) is 3.81. The van der Waals surface area contributed by atoms with Crippen molar-refractivity contribution in [1.82, 2.24) is 15.5 Å². The Labute approximate surface area is 148 Å². The summed E-state index contributed by atoms with van der Waals surface area (Å²) in [5, 5.41) is 6.86. The summed E-state index contributed by atoms with van der Waals surface area (Å²) in [4.78, 5) is 16.7. The van der Waals surface area contributed by atoms with Gasteiger partial charge in [0, 0.05) is 10.0 Å². The molecule has 0 bridgehead atoms. The Morgan fingerprint density at radius 1 is 1.21 bits per heavy atom.